The fraction of sp³-hybridized carbons (Fsp3) is 0. The average molecular weight is 137 g/mol. The van der Waals surface area contributed by atoms with Gasteiger partial charge < -0.3 is 30.3 Å². The molecule has 0 aromatic rings. The summed E-state index contributed by atoms with van der Waals surface area (Å²) in [5.74, 6) is 0. The molecular formula is N3O4P-4. The summed E-state index contributed by atoms with van der Waals surface area (Å²) >= 11 is 0. The van der Waals surface area contributed by atoms with Gasteiger partial charge in [0.1, 0.15) is 0 Å². The van der Waals surface area contributed by atoms with Crippen LogP contribution in [-0.2, 0) is 4.57 Å². The highest BCUT2D eigenvalue weighted by Crippen LogP contribution is 2.03. The van der Waals surface area contributed by atoms with E-state index < -0.39 is 7.82 Å². The first-order valence-electron chi connectivity index (χ1n) is 1.13. The maximum Gasteiger partial charge on any atom is -0.159 e. The molecule has 0 fully saturated rings. The van der Waals surface area contributed by atoms with Crippen molar-refractivity contribution in [2.75, 3.05) is 0 Å². The van der Waals surface area contributed by atoms with Crippen LogP contribution < -0.4 is 14.7 Å². The highest BCUT2D eigenvalue weighted by atomic mass is 31.2. The minimum absolute atomic E-state index is 1.50. The molecule has 0 unspecified atom stereocenters. The van der Waals surface area contributed by atoms with E-state index in [2.05, 4.69) is 0 Å². The van der Waals surface area contributed by atoms with Crippen LogP contribution in [0, 0.1) is 0 Å². The quantitative estimate of drug-likeness (QED) is 0.165. The number of hydrogen-bond donors (Lipinski definition) is 0. The van der Waals surface area contributed by atoms with E-state index in [1.165, 1.54) is 4.91 Å². The molecule has 7 nitrogen and oxygen atoms in total. The molecule has 48 valence electrons. The van der Waals surface area contributed by atoms with Gasteiger partial charge in [0.05, 0.1) is 0 Å². The molecule has 0 saturated carbocycles. The zero-order chi connectivity index (χ0) is 7.21. The Labute approximate surface area is 44.2 Å². The SMILES string of the molecule is O=P([O-])([O-])[O-].[N-]=[N+]=[N-]. The summed E-state index contributed by atoms with van der Waals surface area (Å²) in [6, 6.07) is 0. The second-order valence-electron chi connectivity index (χ2n) is 0.537. The molecule has 0 amide bonds. The maximum atomic E-state index is 8.55. The molecule has 0 aromatic carbocycles. The zero-order valence-corrected chi connectivity index (χ0v) is 4.32. The Balaban J connectivity index is 0. The molecule has 0 rings (SSSR count). The predicted octanol–water partition coefficient (Wildman–Crippen LogP) is -1.96. The van der Waals surface area contributed by atoms with Crippen molar-refractivity contribution in [2.24, 2.45) is 0 Å². The summed E-state index contributed by atoms with van der Waals surface area (Å²) in [4.78, 5) is 27.1. The molecule has 0 N–H and O–H groups in total. The fourth-order valence-corrected chi connectivity index (χ4v) is 0. The molecule has 0 saturated heterocycles. The van der Waals surface area contributed by atoms with Crippen molar-refractivity contribution in [1.29, 1.82) is 0 Å². The van der Waals surface area contributed by atoms with Crippen LogP contribution >= 0.6 is 7.82 Å². The van der Waals surface area contributed by atoms with Gasteiger partial charge in [0.15, 0.2) is 0 Å². The minimum Gasteiger partial charge on any atom is -0.822 e. The van der Waals surface area contributed by atoms with Gasteiger partial charge in [-0.1, -0.05) is 0 Å². The fourth-order valence-electron chi connectivity index (χ4n) is 0. The molecular weight excluding hydrogens is 137 g/mol. The largest absolute Gasteiger partial charge is 0.822 e. The topological polar surface area (TPSA) is 145 Å². The summed E-state index contributed by atoms with van der Waals surface area (Å²) in [5.41, 5.74) is 13.5. The number of phosphoric acid groups is 1. The average Bonchev–Trinajstić information content (AvgIpc) is 1.27. The molecule has 0 aliphatic carbocycles. The van der Waals surface area contributed by atoms with Crippen molar-refractivity contribution in [3.05, 3.63) is 16.0 Å². The van der Waals surface area contributed by atoms with E-state index in [4.69, 9.17) is 30.3 Å². The summed E-state index contributed by atoms with van der Waals surface area (Å²) in [7, 11) is -5.39. The van der Waals surface area contributed by atoms with Gasteiger partial charge >= 0.3 is 0 Å². The summed E-state index contributed by atoms with van der Waals surface area (Å²) in [6.07, 6.45) is 0. The molecule has 0 radical (unpaired) electrons. The van der Waals surface area contributed by atoms with Crippen molar-refractivity contribution in [3.63, 3.8) is 0 Å². The van der Waals surface area contributed by atoms with Crippen LogP contribution in [0.2, 0.25) is 0 Å². The van der Waals surface area contributed by atoms with Gasteiger partial charge in [-0.2, -0.15) is 7.82 Å². The lowest BCUT2D eigenvalue weighted by atomic mass is 13.0. The second kappa shape index (κ2) is 4.58. The van der Waals surface area contributed by atoms with Crippen LogP contribution in [0.3, 0.4) is 0 Å². The van der Waals surface area contributed by atoms with E-state index in [1.54, 1.807) is 0 Å². The zero-order valence-electron chi connectivity index (χ0n) is 3.42. The van der Waals surface area contributed by atoms with Crippen LogP contribution in [0.25, 0.3) is 16.0 Å². The first-order chi connectivity index (χ1) is 3.41. The van der Waals surface area contributed by atoms with E-state index in [-0.39, 0.29) is 0 Å². The Bertz CT molecular complexity index is 109. The van der Waals surface area contributed by atoms with E-state index in [9.17, 15) is 0 Å². The van der Waals surface area contributed by atoms with Crippen LogP contribution in [0.5, 0.6) is 0 Å². The Morgan fingerprint density at radius 1 is 1.25 bits per heavy atom. The monoisotopic (exact) mass is 137 g/mol. The maximum absolute atomic E-state index is 8.55. The van der Waals surface area contributed by atoms with Crippen LogP contribution in [-0.4, -0.2) is 0 Å². The Morgan fingerprint density at radius 3 is 1.25 bits per heavy atom. The van der Waals surface area contributed by atoms with E-state index >= 15 is 0 Å². The molecule has 0 atom stereocenters. The predicted molar refractivity (Wildman–Crippen MR) is 17.7 cm³/mol. The lowest BCUT2D eigenvalue weighted by Gasteiger charge is -2.36. The van der Waals surface area contributed by atoms with E-state index in [0.717, 1.165) is 0 Å². The third kappa shape index (κ3) is 315. The number of hydrogen-bond acceptors (Lipinski definition) is 4. The molecule has 0 heterocycles. The summed E-state index contributed by atoms with van der Waals surface area (Å²) < 4.78 is 8.55. The highest BCUT2D eigenvalue weighted by molar-refractivity contribution is 7.40. The summed E-state index contributed by atoms with van der Waals surface area (Å²) in [5, 5.41) is 0. The third-order valence-electron chi connectivity index (χ3n) is 0. The third-order valence-corrected chi connectivity index (χ3v) is 0. The Morgan fingerprint density at radius 2 is 1.25 bits per heavy atom. The van der Waals surface area contributed by atoms with Crippen molar-refractivity contribution in [1.82, 2.24) is 0 Å². The smallest absolute Gasteiger partial charge is 0.159 e. The van der Waals surface area contributed by atoms with Gasteiger partial charge in [0.25, 0.3) is 0 Å². The standard InChI is InChI=1S/N3.H3O4P/c1-3-2;1-5(2,3)4/h;(H3,1,2,3,4)/q-1;/p-3. The van der Waals surface area contributed by atoms with Crippen molar-refractivity contribution in [3.8, 4) is 0 Å². The lowest BCUT2D eigenvalue weighted by molar-refractivity contribution is -0.432. The molecule has 0 aliphatic rings. The molecule has 8 heteroatoms. The van der Waals surface area contributed by atoms with E-state index in [1.807, 2.05) is 0 Å². The first-order valence-corrected chi connectivity index (χ1v) is 2.59. The van der Waals surface area contributed by atoms with Gasteiger partial charge in [-0.05, 0) is 0 Å². The lowest BCUT2D eigenvalue weighted by Crippen LogP contribution is -2.24. The van der Waals surface area contributed by atoms with Crippen LogP contribution in [0.1, 0.15) is 0 Å². The minimum atomic E-state index is -5.39. The summed E-state index contributed by atoms with van der Waals surface area (Å²) in [6.45, 7) is 0. The Kier molecular flexibility index (Phi) is 5.95. The van der Waals surface area contributed by atoms with Crippen molar-refractivity contribution in [2.45, 2.75) is 0 Å². The number of rotatable bonds is 0. The van der Waals surface area contributed by atoms with Gasteiger partial charge in [-0.25, -0.2) is 0 Å². The molecule has 8 heavy (non-hydrogen) atoms. The first kappa shape index (κ1) is 10.4. The molecule has 0 bridgehead atoms. The number of nitrogens with zero attached hydrogens (tertiary/aromatic N) is 3. The van der Waals surface area contributed by atoms with Crippen molar-refractivity contribution >= 4 is 7.82 Å². The van der Waals surface area contributed by atoms with Gasteiger partial charge in [-0.15, -0.1) is 0 Å². The van der Waals surface area contributed by atoms with Gasteiger partial charge in [0.2, 0.25) is 0 Å². The molecule has 0 aliphatic heterocycles. The van der Waals surface area contributed by atoms with Crippen LogP contribution in [0.4, 0.5) is 0 Å². The second-order valence-corrected chi connectivity index (χ2v) is 1.43. The van der Waals surface area contributed by atoms with Gasteiger partial charge in [0, 0.05) is 0 Å². The van der Waals surface area contributed by atoms with E-state index in [0.29, 0.717) is 0 Å². The van der Waals surface area contributed by atoms with Gasteiger partial charge in [-0.3, -0.25) is 4.91 Å². The molecule has 0 spiro atoms. The molecule has 0 aromatic heterocycles. The van der Waals surface area contributed by atoms with Crippen molar-refractivity contribution < 1.29 is 19.2 Å². The van der Waals surface area contributed by atoms with Crippen LogP contribution in [0.15, 0.2) is 0 Å². The normalized spacial score (nSPS) is 8.38. The Hall–Kier alpha value is -0.580. The highest BCUT2D eigenvalue weighted by Gasteiger charge is 1.44.